The zero-order valence-corrected chi connectivity index (χ0v) is 10.4. The maximum absolute atomic E-state index is 6.24. The number of nitrogens with two attached hydrogens (primary N) is 1. The first kappa shape index (κ1) is 12.3. The van der Waals surface area contributed by atoms with Gasteiger partial charge in [-0.15, -0.1) is 0 Å². The molecule has 1 aliphatic heterocycles. The van der Waals surface area contributed by atoms with Gasteiger partial charge in [0.1, 0.15) is 0 Å². The van der Waals surface area contributed by atoms with Crippen molar-refractivity contribution in [1.82, 2.24) is 4.90 Å². The fourth-order valence-corrected chi connectivity index (χ4v) is 2.88. The standard InChI is InChI=1S/C13H26N2O/c14-13(6-2-3-7-13)12-16-11-10-15-8-4-1-5-9-15/h1-12,14H2. The summed E-state index contributed by atoms with van der Waals surface area (Å²) in [5.74, 6) is 0. The van der Waals surface area contributed by atoms with Gasteiger partial charge in [0.05, 0.1) is 13.2 Å². The van der Waals surface area contributed by atoms with Gasteiger partial charge in [0, 0.05) is 12.1 Å². The fourth-order valence-electron chi connectivity index (χ4n) is 2.88. The van der Waals surface area contributed by atoms with E-state index in [0.29, 0.717) is 0 Å². The molecule has 94 valence electrons. The molecule has 2 fully saturated rings. The number of nitrogens with zero attached hydrogens (tertiary/aromatic N) is 1. The molecule has 0 aromatic rings. The van der Waals surface area contributed by atoms with Gasteiger partial charge in [0.25, 0.3) is 0 Å². The number of likely N-dealkylation sites (tertiary alicyclic amines) is 1. The van der Waals surface area contributed by atoms with E-state index < -0.39 is 0 Å². The summed E-state index contributed by atoms with van der Waals surface area (Å²) in [6, 6.07) is 0. The highest BCUT2D eigenvalue weighted by Gasteiger charge is 2.29. The Bertz CT molecular complexity index is 196. The van der Waals surface area contributed by atoms with Crippen LogP contribution >= 0.6 is 0 Å². The topological polar surface area (TPSA) is 38.5 Å². The second kappa shape index (κ2) is 5.99. The van der Waals surface area contributed by atoms with Gasteiger partial charge in [-0.2, -0.15) is 0 Å². The van der Waals surface area contributed by atoms with Gasteiger partial charge in [-0.05, 0) is 38.8 Å². The summed E-state index contributed by atoms with van der Waals surface area (Å²) in [6.07, 6.45) is 9.00. The van der Waals surface area contributed by atoms with Crippen LogP contribution in [0.1, 0.15) is 44.9 Å². The van der Waals surface area contributed by atoms with E-state index in [0.717, 1.165) is 32.6 Å². The predicted molar refractivity (Wildman–Crippen MR) is 66.5 cm³/mol. The van der Waals surface area contributed by atoms with Crippen LogP contribution in [0.4, 0.5) is 0 Å². The average molecular weight is 226 g/mol. The van der Waals surface area contributed by atoms with Crippen LogP contribution in [0.3, 0.4) is 0 Å². The first-order valence-corrected chi connectivity index (χ1v) is 6.88. The van der Waals surface area contributed by atoms with Crippen molar-refractivity contribution < 1.29 is 4.74 Å². The van der Waals surface area contributed by atoms with E-state index in [-0.39, 0.29) is 5.54 Å². The Labute approximate surface area is 99.3 Å². The molecule has 0 radical (unpaired) electrons. The van der Waals surface area contributed by atoms with Crippen LogP contribution in [0.2, 0.25) is 0 Å². The van der Waals surface area contributed by atoms with Crippen LogP contribution in [-0.2, 0) is 4.74 Å². The molecule has 0 aromatic heterocycles. The zero-order chi connectivity index (χ0) is 11.3. The normalized spacial score (nSPS) is 26.1. The maximum Gasteiger partial charge on any atom is 0.0646 e. The lowest BCUT2D eigenvalue weighted by Gasteiger charge is -2.27. The van der Waals surface area contributed by atoms with Gasteiger partial charge < -0.3 is 15.4 Å². The molecular formula is C13H26N2O. The molecule has 1 saturated heterocycles. The molecule has 3 heteroatoms. The molecular weight excluding hydrogens is 200 g/mol. The molecule has 2 rings (SSSR count). The van der Waals surface area contributed by atoms with Crippen molar-refractivity contribution >= 4 is 0 Å². The summed E-state index contributed by atoms with van der Waals surface area (Å²) in [5.41, 5.74) is 6.24. The Morgan fingerprint density at radius 1 is 1.00 bits per heavy atom. The SMILES string of the molecule is NC1(COCCN2CCCCC2)CCCC1. The summed E-state index contributed by atoms with van der Waals surface area (Å²) in [7, 11) is 0. The zero-order valence-electron chi connectivity index (χ0n) is 10.4. The van der Waals surface area contributed by atoms with E-state index in [2.05, 4.69) is 4.90 Å². The molecule has 16 heavy (non-hydrogen) atoms. The van der Waals surface area contributed by atoms with Crippen molar-refractivity contribution in [3.8, 4) is 0 Å². The molecule has 3 nitrogen and oxygen atoms in total. The van der Waals surface area contributed by atoms with Crippen LogP contribution in [0.25, 0.3) is 0 Å². The molecule has 0 atom stereocenters. The monoisotopic (exact) mass is 226 g/mol. The minimum atomic E-state index is 0.00188. The maximum atomic E-state index is 6.24. The van der Waals surface area contributed by atoms with Crippen molar-refractivity contribution in [2.45, 2.75) is 50.5 Å². The highest BCUT2D eigenvalue weighted by molar-refractivity contribution is 4.88. The molecule has 0 bridgehead atoms. The number of hydrogen-bond donors (Lipinski definition) is 1. The Hall–Kier alpha value is -0.120. The quantitative estimate of drug-likeness (QED) is 0.726. The second-order valence-electron chi connectivity index (χ2n) is 5.52. The van der Waals surface area contributed by atoms with Crippen LogP contribution in [-0.4, -0.2) is 43.3 Å². The first-order valence-electron chi connectivity index (χ1n) is 6.88. The van der Waals surface area contributed by atoms with E-state index >= 15 is 0 Å². The molecule has 1 aliphatic carbocycles. The lowest BCUT2D eigenvalue weighted by atomic mass is 10.0. The average Bonchev–Trinajstić information content (AvgIpc) is 2.74. The Balaban J connectivity index is 1.54. The summed E-state index contributed by atoms with van der Waals surface area (Å²) >= 11 is 0. The summed E-state index contributed by atoms with van der Waals surface area (Å²) < 4.78 is 5.76. The number of hydrogen-bond acceptors (Lipinski definition) is 3. The third-order valence-electron chi connectivity index (χ3n) is 3.99. The Morgan fingerprint density at radius 3 is 2.38 bits per heavy atom. The smallest absolute Gasteiger partial charge is 0.0646 e. The molecule has 2 aliphatic rings. The molecule has 0 spiro atoms. The third-order valence-corrected chi connectivity index (χ3v) is 3.99. The van der Waals surface area contributed by atoms with Crippen molar-refractivity contribution in [1.29, 1.82) is 0 Å². The molecule has 1 saturated carbocycles. The minimum absolute atomic E-state index is 0.00188. The number of rotatable bonds is 5. The van der Waals surface area contributed by atoms with Crippen molar-refractivity contribution in [2.75, 3.05) is 32.8 Å². The number of piperidine rings is 1. The van der Waals surface area contributed by atoms with Crippen molar-refractivity contribution in [3.05, 3.63) is 0 Å². The molecule has 0 aromatic carbocycles. The molecule has 0 amide bonds. The van der Waals surface area contributed by atoms with Gasteiger partial charge in [-0.3, -0.25) is 0 Å². The van der Waals surface area contributed by atoms with E-state index in [1.807, 2.05) is 0 Å². The summed E-state index contributed by atoms with van der Waals surface area (Å²) in [4.78, 5) is 2.52. The van der Waals surface area contributed by atoms with E-state index in [4.69, 9.17) is 10.5 Å². The highest BCUT2D eigenvalue weighted by Crippen LogP contribution is 2.27. The highest BCUT2D eigenvalue weighted by atomic mass is 16.5. The first-order chi connectivity index (χ1) is 7.79. The van der Waals surface area contributed by atoms with Gasteiger partial charge in [-0.25, -0.2) is 0 Å². The fraction of sp³-hybridized carbons (Fsp3) is 1.00. The van der Waals surface area contributed by atoms with Gasteiger partial charge in [0.15, 0.2) is 0 Å². The van der Waals surface area contributed by atoms with E-state index in [1.165, 1.54) is 45.2 Å². The summed E-state index contributed by atoms with van der Waals surface area (Å²) in [5, 5.41) is 0. The molecule has 1 heterocycles. The van der Waals surface area contributed by atoms with Gasteiger partial charge in [-0.1, -0.05) is 19.3 Å². The Kier molecular flexibility index (Phi) is 4.62. The second-order valence-corrected chi connectivity index (χ2v) is 5.52. The van der Waals surface area contributed by atoms with E-state index in [1.54, 1.807) is 0 Å². The van der Waals surface area contributed by atoms with Crippen molar-refractivity contribution in [3.63, 3.8) is 0 Å². The van der Waals surface area contributed by atoms with Crippen LogP contribution < -0.4 is 5.73 Å². The third kappa shape index (κ3) is 3.72. The molecule has 2 N–H and O–H groups in total. The van der Waals surface area contributed by atoms with Gasteiger partial charge in [0.2, 0.25) is 0 Å². The van der Waals surface area contributed by atoms with Gasteiger partial charge >= 0.3 is 0 Å². The Morgan fingerprint density at radius 2 is 1.69 bits per heavy atom. The number of ether oxygens (including phenoxy) is 1. The lowest BCUT2D eigenvalue weighted by molar-refractivity contribution is 0.0636. The van der Waals surface area contributed by atoms with Crippen LogP contribution in [0.5, 0.6) is 0 Å². The summed E-state index contributed by atoms with van der Waals surface area (Å²) in [6.45, 7) is 5.24. The van der Waals surface area contributed by atoms with Crippen LogP contribution in [0.15, 0.2) is 0 Å². The van der Waals surface area contributed by atoms with Crippen LogP contribution in [0, 0.1) is 0 Å². The molecule has 0 unspecified atom stereocenters. The predicted octanol–water partition coefficient (Wildman–Crippen LogP) is 1.76. The minimum Gasteiger partial charge on any atom is -0.378 e. The lowest BCUT2D eigenvalue weighted by Crippen LogP contribution is -2.42. The largest absolute Gasteiger partial charge is 0.378 e. The van der Waals surface area contributed by atoms with Crippen molar-refractivity contribution in [2.24, 2.45) is 5.73 Å². The van der Waals surface area contributed by atoms with E-state index in [9.17, 15) is 0 Å².